The molecule has 1 aromatic heterocycles. The van der Waals surface area contributed by atoms with E-state index in [2.05, 4.69) is 26.3 Å². The number of amides is 1. The van der Waals surface area contributed by atoms with Crippen LogP contribution in [0.2, 0.25) is 10.0 Å². The molecule has 0 aliphatic heterocycles. The van der Waals surface area contributed by atoms with Gasteiger partial charge in [0.1, 0.15) is 23.2 Å². The standard InChI is InChI=1S/C24H17BrCl2FN3O2/c25-19-13-31(12-15-7-9-18(28)10-8-15)30-23(19)29-24(32)17-4-1-3-16(11-17)14-33-21-6-2-5-20(26)22(21)27/h1-11,13H,12,14H2,(H,29,30,32). The average Bonchev–Trinajstić information content (AvgIpc) is 3.15. The summed E-state index contributed by atoms with van der Waals surface area (Å²) < 4.78 is 21.1. The highest BCUT2D eigenvalue weighted by atomic mass is 79.9. The van der Waals surface area contributed by atoms with E-state index >= 15 is 0 Å². The second kappa shape index (κ2) is 10.4. The highest BCUT2D eigenvalue weighted by molar-refractivity contribution is 9.10. The Morgan fingerprint density at radius 2 is 1.82 bits per heavy atom. The predicted octanol–water partition coefficient (Wildman–Crippen LogP) is 6.97. The molecule has 0 radical (unpaired) electrons. The van der Waals surface area contributed by atoms with Crippen LogP contribution in [0.1, 0.15) is 21.5 Å². The zero-order valence-electron chi connectivity index (χ0n) is 17.1. The van der Waals surface area contributed by atoms with Crippen molar-refractivity contribution in [3.05, 3.63) is 110 Å². The van der Waals surface area contributed by atoms with E-state index in [0.717, 1.165) is 11.1 Å². The molecule has 1 heterocycles. The quantitative estimate of drug-likeness (QED) is 0.271. The molecule has 1 N–H and O–H groups in total. The second-order valence-corrected chi connectivity index (χ2v) is 8.78. The van der Waals surface area contributed by atoms with Gasteiger partial charge in [-0.1, -0.05) is 53.5 Å². The summed E-state index contributed by atoms with van der Waals surface area (Å²) in [5.41, 5.74) is 2.13. The number of anilines is 1. The van der Waals surface area contributed by atoms with Crippen LogP contribution in [0.4, 0.5) is 10.2 Å². The monoisotopic (exact) mass is 547 g/mol. The van der Waals surface area contributed by atoms with Crippen LogP contribution in [0.3, 0.4) is 0 Å². The van der Waals surface area contributed by atoms with E-state index in [9.17, 15) is 9.18 Å². The van der Waals surface area contributed by atoms with Gasteiger partial charge in [0.2, 0.25) is 0 Å². The molecule has 0 fully saturated rings. The van der Waals surface area contributed by atoms with E-state index in [1.165, 1.54) is 12.1 Å². The maximum absolute atomic E-state index is 13.1. The normalized spacial score (nSPS) is 10.8. The Hall–Kier alpha value is -2.87. The number of nitrogens with one attached hydrogen (secondary N) is 1. The Balaban J connectivity index is 1.42. The minimum absolute atomic E-state index is 0.219. The number of halogens is 4. The Morgan fingerprint density at radius 3 is 2.61 bits per heavy atom. The molecule has 9 heteroatoms. The molecule has 0 spiro atoms. The molecule has 0 saturated carbocycles. The highest BCUT2D eigenvalue weighted by Gasteiger charge is 2.13. The summed E-state index contributed by atoms with van der Waals surface area (Å²) in [6.07, 6.45) is 1.75. The molecule has 33 heavy (non-hydrogen) atoms. The van der Waals surface area contributed by atoms with Crippen LogP contribution in [0, 0.1) is 5.82 Å². The van der Waals surface area contributed by atoms with Gasteiger partial charge in [0, 0.05) is 11.8 Å². The fourth-order valence-corrected chi connectivity index (χ4v) is 3.84. The first-order valence-corrected chi connectivity index (χ1v) is 11.4. The van der Waals surface area contributed by atoms with Crippen molar-refractivity contribution >= 4 is 50.9 Å². The number of aromatic nitrogens is 2. The summed E-state index contributed by atoms with van der Waals surface area (Å²) in [6.45, 7) is 0.658. The molecule has 0 aliphatic carbocycles. The molecule has 0 aliphatic rings. The molecule has 1 amide bonds. The van der Waals surface area contributed by atoms with Crippen LogP contribution in [0.15, 0.2) is 77.4 Å². The van der Waals surface area contributed by atoms with Crippen LogP contribution in [-0.2, 0) is 13.2 Å². The number of rotatable bonds is 7. The molecule has 0 saturated heterocycles. The van der Waals surface area contributed by atoms with Crippen molar-refractivity contribution in [3.8, 4) is 5.75 Å². The molecule has 3 aromatic carbocycles. The second-order valence-electron chi connectivity index (χ2n) is 7.14. The van der Waals surface area contributed by atoms with Crippen molar-refractivity contribution in [1.82, 2.24) is 9.78 Å². The molecular weight excluding hydrogens is 532 g/mol. The summed E-state index contributed by atoms with van der Waals surface area (Å²) in [5, 5.41) is 7.95. The minimum Gasteiger partial charge on any atom is -0.487 e. The summed E-state index contributed by atoms with van der Waals surface area (Å²) in [6, 6.07) is 18.4. The fourth-order valence-electron chi connectivity index (χ4n) is 3.08. The predicted molar refractivity (Wildman–Crippen MR) is 131 cm³/mol. The van der Waals surface area contributed by atoms with Gasteiger partial charge in [-0.05, 0) is 63.5 Å². The molecule has 4 aromatic rings. The lowest BCUT2D eigenvalue weighted by atomic mass is 10.1. The average molecular weight is 549 g/mol. The zero-order chi connectivity index (χ0) is 23.4. The van der Waals surface area contributed by atoms with Gasteiger partial charge in [-0.3, -0.25) is 9.48 Å². The molecular formula is C24H17BrCl2FN3O2. The fraction of sp³-hybridized carbons (Fsp3) is 0.0833. The number of hydrogen-bond acceptors (Lipinski definition) is 3. The Kier molecular flexibility index (Phi) is 7.33. The smallest absolute Gasteiger partial charge is 0.256 e. The van der Waals surface area contributed by atoms with Gasteiger partial charge in [-0.25, -0.2) is 4.39 Å². The number of carbonyl (C=O) groups excluding carboxylic acids is 1. The summed E-state index contributed by atoms with van der Waals surface area (Å²) in [7, 11) is 0. The molecule has 0 unspecified atom stereocenters. The van der Waals surface area contributed by atoms with E-state index < -0.39 is 0 Å². The third-order valence-corrected chi connectivity index (χ3v) is 6.09. The third kappa shape index (κ3) is 5.93. The van der Waals surface area contributed by atoms with Crippen molar-refractivity contribution in [1.29, 1.82) is 0 Å². The molecule has 168 valence electrons. The van der Waals surface area contributed by atoms with E-state index in [1.807, 2.05) is 6.07 Å². The largest absolute Gasteiger partial charge is 0.487 e. The Bertz CT molecular complexity index is 1300. The van der Waals surface area contributed by atoms with Crippen molar-refractivity contribution < 1.29 is 13.9 Å². The SMILES string of the molecule is O=C(Nc1nn(Cc2ccc(F)cc2)cc1Br)c1cccc(COc2cccc(Cl)c2Cl)c1. The van der Waals surface area contributed by atoms with Crippen LogP contribution < -0.4 is 10.1 Å². The van der Waals surface area contributed by atoms with E-state index in [-0.39, 0.29) is 18.3 Å². The van der Waals surface area contributed by atoms with Crippen LogP contribution in [0.25, 0.3) is 0 Å². The summed E-state index contributed by atoms with van der Waals surface area (Å²) in [4.78, 5) is 12.8. The van der Waals surface area contributed by atoms with Gasteiger partial charge < -0.3 is 10.1 Å². The van der Waals surface area contributed by atoms with Crippen molar-refractivity contribution in [3.63, 3.8) is 0 Å². The lowest BCUT2D eigenvalue weighted by molar-refractivity contribution is 0.102. The van der Waals surface area contributed by atoms with Crippen LogP contribution in [0.5, 0.6) is 5.75 Å². The lowest BCUT2D eigenvalue weighted by Crippen LogP contribution is -2.13. The molecule has 5 nitrogen and oxygen atoms in total. The number of hydrogen-bond donors (Lipinski definition) is 1. The topological polar surface area (TPSA) is 56.2 Å². The maximum atomic E-state index is 13.1. The first-order chi connectivity index (χ1) is 15.9. The molecule has 0 bridgehead atoms. The van der Waals surface area contributed by atoms with Crippen LogP contribution >= 0.6 is 39.1 Å². The van der Waals surface area contributed by atoms with Gasteiger partial charge in [0.05, 0.1) is 16.0 Å². The van der Waals surface area contributed by atoms with Gasteiger partial charge in [-0.15, -0.1) is 0 Å². The number of ether oxygens (including phenoxy) is 1. The van der Waals surface area contributed by atoms with Crippen LogP contribution in [-0.4, -0.2) is 15.7 Å². The summed E-state index contributed by atoms with van der Waals surface area (Å²) in [5.74, 6) is 0.242. The van der Waals surface area contributed by atoms with Gasteiger partial charge in [-0.2, -0.15) is 5.10 Å². The summed E-state index contributed by atoms with van der Waals surface area (Å²) >= 11 is 15.6. The third-order valence-electron chi connectivity index (χ3n) is 4.71. The Morgan fingerprint density at radius 1 is 1.06 bits per heavy atom. The van der Waals surface area contributed by atoms with Crippen molar-refractivity contribution in [2.75, 3.05) is 5.32 Å². The first kappa shape index (κ1) is 23.3. The number of carbonyl (C=O) groups is 1. The molecule has 4 rings (SSSR count). The van der Waals surface area contributed by atoms with Gasteiger partial charge in [0.15, 0.2) is 5.82 Å². The number of nitrogens with zero attached hydrogens (tertiary/aromatic N) is 2. The minimum atomic E-state index is -0.314. The first-order valence-electron chi connectivity index (χ1n) is 9.83. The van der Waals surface area contributed by atoms with Crippen molar-refractivity contribution in [2.24, 2.45) is 0 Å². The van der Waals surface area contributed by atoms with E-state index in [0.29, 0.717) is 38.2 Å². The lowest BCUT2D eigenvalue weighted by Gasteiger charge is -2.10. The maximum Gasteiger partial charge on any atom is 0.256 e. The highest BCUT2D eigenvalue weighted by Crippen LogP contribution is 2.32. The van der Waals surface area contributed by atoms with Crippen molar-refractivity contribution in [2.45, 2.75) is 13.2 Å². The van der Waals surface area contributed by atoms with E-state index in [1.54, 1.807) is 59.4 Å². The Labute approximate surface area is 208 Å². The zero-order valence-corrected chi connectivity index (χ0v) is 20.2. The van der Waals surface area contributed by atoms with E-state index in [4.69, 9.17) is 27.9 Å². The van der Waals surface area contributed by atoms with Gasteiger partial charge in [0.25, 0.3) is 5.91 Å². The molecule has 0 atom stereocenters. The van der Waals surface area contributed by atoms with Gasteiger partial charge >= 0.3 is 0 Å². The number of benzene rings is 3.